The van der Waals surface area contributed by atoms with Gasteiger partial charge >= 0.3 is 0 Å². The van der Waals surface area contributed by atoms with E-state index in [-0.39, 0.29) is 10.8 Å². The van der Waals surface area contributed by atoms with Crippen molar-refractivity contribution in [2.24, 2.45) is 0 Å². The first-order valence-corrected chi connectivity index (χ1v) is 22.9. The third kappa shape index (κ3) is 6.33. The lowest BCUT2D eigenvalue weighted by molar-refractivity contribution is 0.590. The minimum absolute atomic E-state index is 0.0376. The molecule has 2 heterocycles. The molecule has 0 amide bonds. The largest absolute Gasteiger partial charge is 0.345 e. The molecule has 0 aromatic heterocycles. The van der Waals surface area contributed by atoms with E-state index >= 15 is 0 Å². The monoisotopic (exact) mass is 832 g/mol. The molecule has 4 heteroatoms. The van der Waals surface area contributed by atoms with Crippen LogP contribution in [-0.4, -0.2) is 14.1 Å². The van der Waals surface area contributed by atoms with Crippen molar-refractivity contribution in [3.8, 4) is 22.3 Å². The van der Waals surface area contributed by atoms with Gasteiger partial charge in [-0.1, -0.05) is 145 Å². The van der Waals surface area contributed by atoms with Crippen LogP contribution in [0.15, 0.2) is 181 Å². The van der Waals surface area contributed by atoms with E-state index in [0.717, 1.165) is 24.2 Å². The highest BCUT2D eigenvalue weighted by molar-refractivity contribution is 6.23. The first-order chi connectivity index (χ1) is 30.9. The Balaban J connectivity index is 1.23. The van der Waals surface area contributed by atoms with Crippen LogP contribution in [0.5, 0.6) is 0 Å². The Bertz CT molecular complexity index is 3160. The van der Waals surface area contributed by atoms with Gasteiger partial charge in [0.2, 0.25) is 0 Å². The molecule has 0 fully saturated rings. The Morgan fingerprint density at radius 1 is 0.406 bits per heavy atom. The minimum atomic E-state index is 0.0376. The lowest BCUT2D eigenvalue weighted by Gasteiger charge is -2.41. The van der Waals surface area contributed by atoms with Gasteiger partial charge in [0, 0.05) is 31.2 Å². The summed E-state index contributed by atoms with van der Waals surface area (Å²) in [5.41, 5.74) is 19.7. The van der Waals surface area contributed by atoms with Gasteiger partial charge in [0.15, 0.2) is 0 Å². The number of fused-ring (bicyclic) bond motifs is 5. The number of benzene rings is 8. The van der Waals surface area contributed by atoms with Gasteiger partial charge in [-0.2, -0.15) is 0 Å². The number of para-hydroxylation sites is 6. The van der Waals surface area contributed by atoms with Crippen LogP contribution in [0.2, 0.25) is 0 Å². The first-order valence-electron chi connectivity index (χ1n) is 22.9. The fourth-order valence-corrected chi connectivity index (χ4v) is 10.5. The van der Waals surface area contributed by atoms with Gasteiger partial charge < -0.3 is 19.6 Å². The van der Waals surface area contributed by atoms with E-state index in [0.29, 0.717) is 0 Å². The molecule has 0 unspecified atom stereocenters. The predicted molar refractivity (Wildman–Crippen MR) is 275 cm³/mol. The van der Waals surface area contributed by atoms with Crippen molar-refractivity contribution in [3.63, 3.8) is 0 Å². The van der Waals surface area contributed by atoms with Crippen LogP contribution >= 0.6 is 0 Å². The second kappa shape index (κ2) is 14.8. The summed E-state index contributed by atoms with van der Waals surface area (Å²) < 4.78 is 0. The lowest BCUT2D eigenvalue weighted by Crippen LogP contribution is -2.32. The molecule has 0 radical (unpaired) electrons. The Labute approximate surface area is 379 Å². The molecule has 8 aromatic carbocycles. The predicted octanol–water partition coefficient (Wildman–Crippen LogP) is 16.6. The molecule has 1 aliphatic carbocycles. The van der Waals surface area contributed by atoms with Crippen molar-refractivity contribution in [2.45, 2.75) is 65.2 Å². The van der Waals surface area contributed by atoms with E-state index < -0.39 is 0 Å². The third-order valence-electron chi connectivity index (χ3n) is 13.9. The zero-order chi connectivity index (χ0) is 44.1. The van der Waals surface area contributed by atoms with E-state index in [1.54, 1.807) is 0 Å². The minimum Gasteiger partial charge on any atom is -0.345 e. The molecule has 316 valence electrons. The summed E-state index contributed by atoms with van der Waals surface area (Å²) in [5.74, 6) is 0. The number of hydrogen-bond acceptors (Lipinski definition) is 4. The van der Waals surface area contributed by atoms with Gasteiger partial charge in [-0.3, -0.25) is 0 Å². The average Bonchev–Trinajstić information content (AvgIpc) is 3.30. The summed E-state index contributed by atoms with van der Waals surface area (Å²) in [5, 5.41) is 4.94. The maximum absolute atomic E-state index is 2.50. The molecule has 0 saturated heterocycles. The molecule has 0 atom stereocenters. The highest BCUT2D eigenvalue weighted by Gasteiger charge is 2.32. The van der Waals surface area contributed by atoms with Crippen molar-refractivity contribution in [1.29, 1.82) is 0 Å². The molecule has 0 spiro atoms. The quantitative estimate of drug-likeness (QED) is 0.164. The average molecular weight is 833 g/mol. The van der Waals surface area contributed by atoms with Crippen molar-refractivity contribution in [1.82, 2.24) is 0 Å². The van der Waals surface area contributed by atoms with Crippen molar-refractivity contribution in [3.05, 3.63) is 192 Å². The lowest BCUT2D eigenvalue weighted by atomic mass is 9.82. The molecule has 0 bridgehead atoms. The van der Waals surface area contributed by atoms with E-state index in [1.807, 2.05) is 0 Å². The van der Waals surface area contributed by atoms with E-state index in [9.17, 15) is 0 Å². The van der Waals surface area contributed by atoms with Crippen LogP contribution in [-0.2, 0) is 10.8 Å². The molecule has 0 N–H and O–H groups in total. The van der Waals surface area contributed by atoms with Gasteiger partial charge in [0.05, 0.1) is 39.8 Å². The second-order valence-corrected chi connectivity index (χ2v) is 19.9. The molecular formula is C60H56N4. The van der Waals surface area contributed by atoms with Crippen molar-refractivity contribution >= 4 is 67.0 Å². The summed E-state index contributed by atoms with van der Waals surface area (Å²) in [7, 11) is 4.40. The number of rotatable bonds is 4. The summed E-state index contributed by atoms with van der Waals surface area (Å²) in [6, 6.07) is 59.6. The molecule has 8 aromatic rings. The second-order valence-electron chi connectivity index (χ2n) is 19.9. The molecular weight excluding hydrogens is 777 g/mol. The molecule has 2 aliphatic heterocycles. The standard InChI is InChI=1S/C60H56N4/c1-59(2,3)41-29-25-39(26-30-41)57-45-35-33-44(64-55-23-15-11-19-51(55)62(8)52-20-12-16-24-56(52)64)38-48(45)58(40-27-31-42(32-28-40)60(4,5)6)46-36-34-43(37-47(46)57)63-53-21-13-9-17-49(53)61(7)50-18-10-14-22-54(50)63/h9-11,13-19,21-38H,12,20H2,1-8H3. The van der Waals surface area contributed by atoms with Crippen molar-refractivity contribution in [2.75, 3.05) is 33.7 Å². The Kier molecular flexibility index (Phi) is 9.18. The molecule has 4 nitrogen and oxygen atoms in total. The summed E-state index contributed by atoms with van der Waals surface area (Å²) in [4.78, 5) is 9.67. The van der Waals surface area contributed by atoms with Gasteiger partial charge in [-0.15, -0.1) is 0 Å². The van der Waals surface area contributed by atoms with Gasteiger partial charge in [0.1, 0.15) is 0 Å². The van der Waals surface area contributed by atoms with Gasteiger partial charge in [-0.25, -0.2) is 0 Å². The molecule has 3 aliphatic rings. The van der Waals surface area contributed by atoms with Crippen LogP contribution in [0.25, 0.3) is 43.8 Å². The fraction of sp³-hybridized carbons (Fsp3) is 0.200. The molecule has 11 rings (SSSR count). The van der Waals surface area contributed by atoms with Crippen LogP contribution in [0.1, 0.15) is 65.5 Å². The Hall–Kier alpha value is -7.04. The number of nitrogens with zero attached hydrogens (tertiary/aromatic N) is 4. The number of anilines is 8. The Morgan fingerprint density at radius 2 is 0.812 bits per heavy atom. The highest BCUT2D eigenvalue weighted by Crippen LogP contribution is 2.54. The number of hydrogen-bond donors (Lipinski definition) is 0. The topological polar surface area (TPSA) is 13.0 Å². The van der Waals surface area contributed by atoms with Gasteiger partial charge in [0.25, 0.3) is 0 Å². The van der Waals surface area contributed by atoms with Crippen LogP contribution in [0.4, 0.5) is 45.5 Å². The van der Waals surface area contributed by atoms with E-state index in [4.69, 9.17) is 0 Å². The molecule has 64 heavy (non-hydrogen) atoms. The van der Waals surface area contributed by atoms with Crippen molar-refractivity contribution < 1.29 is 0 Å². The SMILES string of the molecule is CN1C2=C(C=CCC2)N(c2ccc3c(-c4ccc(C(C)(C)C)cc4)c4cc(N5c6ccccc6N(C)c6ccccc65)ccc4c(-c4ccc(C(C)(C)C)cc4)c3c2)c2ccccc21. The van der Waals surface area contributed by atoms with Crippen LogP contribution in [0, 0.1) is 0 Å². The van der Waals surface area contributed by atoms with Gasteiger partial charge in [-0.05, 0) is 145 Å². The van der Waals surface area contributed by atoms with E-state index in [1.165, 1.54) is 100 Å². The fourth-order valence-electron chi connectivity index (χ4n) is 10.5. The summed E-state index contributed by atoms with van der Waals surface area (Å²) in [6.07, 6.45) is 6.72. The molecule has 0 saturated carbocycles. The maximum atomic E-state index is 2.50. The third-order valence-corrected chi connectivity index (χ3v) is 13.9. The summed E-state index contributed by atoms with van der Waals surface area (Å²) >= 11 is 0. The highest BCUT2D eigenvalue weighted by atomic mass is 15.3. The van der Waals surface area contributed by atoms with Crippen LogP contribution in [0.3, 0.4) is 0 Å². The normalized spacial score (nSPS) is 14.8. The maximum Gasteiger partial charge on any atom is 0.0699 e. The summed E-state index contributed by atoms with van der Waals surface area (Å²) in [6.45, 7) is 13.8. The van der Waals surface area contributed by atoms with E-state index in [2.05, 4.69) is 245 Å². The first kappa shape index (κ1) is 39.8. The van der Waals surface area contributed by atoms with Crippen LogP contribution < -0.4 is 19.6 Å². The Morgan fingerprint density at radius 3 is 1.27 bits per heavy atom. The zero-order valence-electron chi connectivity index (χ0n) is 38.4. The number of allylic oxidation sites excluding steroid dienone is 3. The zero-order valence-corrected chi connectivity index (χ0v) is 38.4. The smallest absolute Gasteiger partial charge is 0.0699 e.